The van der Waals surface area contributed by atoms with E-state index in [9.17, 15) is 14.7 Å². The zero-order chi connectivity index (χ0) is 21.8. The molecule has 0 aromatic carbocycles. The molecular weight excluding hydrogens is 398 g/mol. The zero-order valence-corrected chi connectivity index (χ0v) is 18.2. The van der Waals surface area contributed by atoms with E-state index in [2.05, 4.69) is 15.3 Å². The Morgan fingerprint density at radius 1 is 1.19 bits per heavy atom. The number of hydrogen-bond donors (Lipinski definition) is 2. The van der Waals surface area contributed by atoms with E-state index in [0.29, 0.717) is 42.4 Å². The largest absolute Gasteiger partial charge is 0.446 e. The average molecular weight is 430 g/mol. The number of likely N-dealkylation sites (tertiary alicyclic amines) is 1. The Morgan fingerprint density at radius 3 is 2.48 bits per heavy atom. The number of rotatable bonds is 4. The van der Waals surface area contributed by atoms with E-state index in [0.717, 1.165) is 38.5 Å². The second kappa shape index (κ2) is 7.62. The quantitative estimate of drug-likeness (QED) is 0.751. The highest BCUT2D eigenvalue weighted by Crippen LogP contribution is 2.56. The van der Waals surface area contributed by atoms with Gasteiger partial charge in [0.15, 0.2) is 0 Å². The standard InChI is InChI=1S/C22H31N5O4/c1-26(2)19(28)16-10-23-20(24-11-16)25-17-3-4-27(12-17)21(29)31-18-14-5-13-6-15(18)9-22(30,7-13)8-14/h10-11,13-15,17-18,30H,3-9,12H2,1-2H3,(H,23,24,25)/t13?,14-,15-,17?,18?,22?/m1/s1. The van der Waals surface area contributed by atoms with Crippen LogP contribution in [0.3, 0.4) is 0 Å². The minimum atomic E-state index is -0.519. The number of amides is 2. The molecule has 4 saturated carbocycles. The second-order valence-corrected chi connectivity index (χ2v) is 10.1. The Labute approximate surface area is 182 Å². The van der Waals surface area contributed by atoms with Crippen molar-refractivity contribution in [3.63, 3.8) is 0 Å². The van der Waals surface area contributed by atoms with Crippen LogP contribution in [0, 0.1) is 17.8 Å². The summed E-state index contributed by atoms with van der Waals surface area (Å²) in [6.45, 7) is 1.16. The van der Waals surface area contributed by atoms with Gasteiger partial charge in [-0.1, -0.05) is 0 Å². The Hall–Kier alpha value is -2.42. The Kier molecular flexibility index (Phi) is 5.03. The molecule has 1 aromatic rings. The first kappa shape index (κ1) is 20.5. The van der Waals surface area contributed by atoms with Gasteiger partial charge >= 0.3 is 6.09 Å². The fraction of sp³-hybridized carbons (Fsp3) is 0.727. The lowest BCUT2D eigenvalue weighted by Crippen LogP contribution is -2.58. The minimum Gasteiger partial charge on any atom is -0.446 e. The normalized spacial score (nSPS) is 35.8. The molecule has 5 fully saturated rings. The van der Waals surface area contributed by atoms with Gasteiger partial charge in [0.1, 0.15) is 6.10 Å². The molecule has 1 saturated heterocycles. The molecule has 4 aliphatic carbocycles. The first-order valence-electron chi connectivity index (χ1n) is 11.3. The van der Waals surface area contributed by atoms with Gasteiger partial charge in [0.25, 0.3) is 5.91 Å². The third kappa shape index (κ3) is 3.95. The number of aliphatic hydroxyl groups is 1. The van der Waals surface area contributed by atoms with Crippen LogP contribution in [-0.4, -0.2) is 81.8 Å². The Morgan fingerprint density at radius 2 is 1.87 bits per heavy atom. The molecule has 9 heteroatoms. The first-order chi connectivity index (χ1) is 14.8. The van der Waals surface area contributed by atoms with Crippen molar-refractivity contribution >= 4 is 17.9 Å². The third-order valence-electron chi connectivity index (χ3n) is 7.48. The van der Waals surface area contributed by atoms with Gasteiger partial charge in [-0.15, -0.1) is 0 Å². The lowest BCUT2D eigenvalue weighted by atomic mass is 9.53. The van der Waals surface area contributed by atoms with Crippen molar-refractivity contribution in [1.29, 1.82) is 0 Å². The second-order valence-electron chi connectivity index (χ2n) is 10.1. The predicted octanol–water partition coefficient (Wildman–Crippen LogP) is 1.74. The summed E-state index contributed by atoms with van der Waals surface area (Å²) in [5.74, 6) is 1.50. The van der Waals surface area contributed by atoms with Crippen molar-refractivity contribution in [2.75, 3.05) is 32.5 Å². The molecule has 1 aliphatic heterocycles. The van der Waals surface area contributed by atoms with E-state index in [1.165, 1.54) is 17.3 Å². The van der Waals surface area contributed by atoms with Gasteiger partial charge in [0, 0.05) is 45.6 Å². The highest BCUT2D eigenvalue weighted by molar-refractivity contribution is 5.93. The summed E-state index contributed by atoms with van der Waals surface area (Å²) in [4.78, 5) is 36.5. The van der Waals surface area contributed by atoms with Gasteiger partial charge in [-0.05, 0) is 56.3 Å². The van der Waals surface area contributed by atoms with Crippen LogP contribution in [0.1, 0.15) is 48.9 Å². The van der Waals surface area contributed by atoms with Crippen LogP contribution < -0.4 is 5.32 Å². The van der Waals surface area contributed by atoms with Gasteiger partial charge < -0.3 is 25.0 Å². The van der Waals surface area contributed by atoms with Crippen molar-refractivity contribution in [2.24, 2.45) is 17.8 Å². The summed E-state index contributed by atoms with van der Waals surface area (Å²) in [5.41, 5.74) is -0.0816. The van der Waals surface area contributed by atoms with E-state index in [1.807, 2.05) is 0 Å². The topological polar surface area (TPSA) is 108 Å². The Bertz CT molecular complexity index is 844. The summed E-state index contributed by atoms with van der Waals surface area (Å²) in [6, 6.07) is 0.0437. The van der Waals surface area contributed by atoms with Crippen LogP contribution in [-0.2, 0) is 4.74 Å². The lowest BCUT2D eigenvalue weighted by Gasteiger charge is -2.57. The van der Waals surface area contributed by atoms with Gasteiger partial charge in [0.05, 0.1) is 11.2 Å². The van der Waals surface area contributed by atoms with E-state index in [-0.39, 0.29) is 24.1 Å². The molecule has 0 radical (unpaired) electrons. The molecule has 5 aliphatic rings. The Balaban J connectivity index is 1.14. The van der Waals surface area contributed by atoms with E-state index >= 15 is 0 Å². The van der Waals surface area contributed by atoms with Crippen LogP contribution in [0.15, 0.2) is 12.4 Å². The molecule has 2 heterocycles. The molecule has 4 bridgehead atoms. The number of anilines is 1. The highest BCUT2D eigenvalue weighted by atomic mass is 16.6. The summed E-state index contributed by atoms with van der Waals surface area (Å²) in [5, 5.41) is 14.0. The van der Waals surface area contributed by atoms with Crippen LogP contribution in [0.25, 0.3) is 0 Å². The first-order valence-corrected chi connectivity index (χ1v) is 11.3. The van der Waals surface area contributed by atoms with Gasteiger partial charge in [0.2, 0.25) is 5.95 Å². The number of hydrogen-bond acceptors (Lipinski definition) is 7. The molecule has 1 aromatic heterocycles. The lowest BCUT2D eigenvalue weighted by molar-refractivity contribution is -0.177. The van der Waals surface area contributed by atoms with Crippen molar-refractivity contribution in [3.8, 4) is 0 Å². The molecule has 2 N–H and O–H groups in total. The molecule has 31 heavy (non-hydrogen) atoms. The fourth-order valence-corrected chi connectivity index (χ4v) is 6.32. The van der Waals surface area contributed by atoms with E-state index < -0.39 is 5.60 Å². The number of nitrogens with zero attached hydrogens (tertiary/aromatic N) is 4. The van der Waals surface area contributed by atoms with E-state index in [1.54, 1.807) is 19.0 Å². The fourth-order valence-electron chi connectivity index (χ4n) is 6.32. The smallest absolute Gasteiger partial charge is 0.410 e. The number of aromatic nitrogens is 2. The monoisotopic (exact) mass is 429 g/mol. The zero-order valence-electron chi connectivity index (χ0n) is 18.2. The minimum absolute atomic E-state index is 0.0437. The molecular formula is C22H31N5O4. The van der Waals surface area contributed by atoms with Crippen LogP contribution in [0.2, 0.25) is 0 Å². The van der Waals surface area contributed by atoms with Crippen LogP contribution in [0.5, 0.6) is 0 Å². The van der Waals surface area contributed by atoms with Crippen LogP contribution >= 0.6 is 0 Å². The van der Waals surface area contributed by atoms with Gasteiger partial charge in [-0.25, -0.2) is 14.8 Å². The molecule has 9 nitrogen and oxygen atoms in total. The SMILES string of the molecule is CN(C)C(=O)c1cnc(NC2CCN(C(=O)OC3[C@@H]4CC5C[C@@H]3CC(O)(C5)C4)C2)nc1. The average Bonchev–Trinajstić information content (AvgIpc) is 3.18. The van der Waals surface area contributed by atoms with Crippen molar-refractivity contribution < 1.29 is 19.4 Å². The number of carbonyl (C=O) groups excluding carboxylic acids is 2. The molecule has 2 amide bonds. The molecule has 1 unspecified atom stereocenters. The molecule has 0 spiro atoms. The van der Waals surface area contributed by atoms with Crippen molar-refractivity contribution in [1.82, 2.24) is 19.8 Å². The number of ether oxygens (including phenoxy) is 1. The third-order valence-corrected chi connectivity index (χ3v) is 7.48. The summed E-state index contributed by atoms with van der Waals surface area (Å²) < 4.78 is 5.99. The summed E-state index contributed by atoms with van der Waals surface area (Å²) in [6.07, 6.45) is 8.12. The number of nitrogens with one attached hydrogen (secondary N) is 1. The molecule has 6 rings (SSSR count). The van der Waals surface area contributed by atoms with Crippen molar-refractivity contribution in [2.45, 2.75) is 56.3 Å². The van der Waals surface area contributed by atoms with E-state index in [4.69, 9.17) is 4.74 Å². The van der Waals surface area contributed by atoms with Crippen molar-refractivity contribution in [3.05, 3.63) is 18.0 Å². The van der Waals surface area contributed by atoms with Gasteiger partial charge in [-0.2, -0.15) is 0 Å². The number of carbonyl (C=O) groups is 2. The maximum Gasteiger partial charge on any atom is 0.410 e. The predicted molar refractivity (Wildman–Crippen MR) is 112 cm³/mol. The van der Waals surface area contributed by atoms with Crippen LogP contribution in [0.4, 0.5) is 10.7 Å². The molecule has 168 valence electrons. The summed E-state index contributed by atoms with van der Waals surface area (Å²) >= 11 is 0. The van der Waals surface area contributed by atoms with Gasteiger partial charge in [-0.3, -0.25) is 4.79 Å². The maximum atomic E-state index is 12.8. The summed E-state index contributed by atoms with van der Waals surface area (Å²) in [7, 11) is 3.37. The maximum absolute atomic E-state index is 12.8. The highest BCUT2D eigenvalue weighted by Gasteiger charge is 2.56. The molecule has 3 atom stereocenters.